The maximum atomic E-state index is 11.3. The normalized spacial score (nSPS) is 29.0. The Morgan fingerprint density at radius 2 is 2.08 bits per heavy atom. The molecule has 0 spiro atoms. The highest BCUT2D eigenvalue weighted by atomic mass is 79.9. The number of nitrogens with one attached hydrogen (secondary N) is 2. The summed E-state index contributed by atoms with van der Waals surface area (Å²) in [4.78, 5) is 22.2. The number of alkyl halides is 2. The van der Waals surface area contributed by atoms with Gasteiger partial charge in [0.15, 0.2) is 0 Å². The van der Waals surface area contributed by atoms with Crippen LogP contribution in [0.2, 0.25) is 0 Å². The topological polar surface area (TPSA) is 58.2 Å². The average Bonchev–Trinajstić information content (AvgIpc) is 2.26. The van der Waals surface area contributed by atoms with Crippen LogP contribution in [0.5, 0.6) is 0 Å². The lowest BCUT2D eigenvalue weighted by atomic mass is 10.00. The molecule has 0 aliphatic carbocycles. The third kappa shape index (κ3) is 1.37. The fourth-order valence-electron chi connectivity index (χ4n) is 1.06. The predicted molar refractivity (Wildman–Crippen MR) is 51.3 cm³/mol. The van der Waals surface area contributed by atoms with Crippen LogP contribution in [0.4, 0.5) is 4.79 Å². The molecule has 0 aromatic heterocycles. The molecule has 1 aliphatic heterocycles. The molecule has 0 saturated carbocycles. The molecular formula is C6H8Br2N2O2. The second-order valence-electron chi connectivity index (χ2n) is 2.53. The van der Waals surface area contributed by atoms with Crippen LogP contribution >= 0.6 is 31.9 Å². The first kappa shape index (κ1) is 9.98. The molecule has 3 amide bonds. The number of hydrogen-bond acceptors (Lipinski definition) is 2. The molecule has 2 N–H and O–H groups in total. The van der Waals surface area contributed by atoms with E-state index in [9.17, 15) is 9.59 Å². The molecule has 0 aromatic carbocycles. The lowest BCUT2D eigenvalue weighted by Gasteiger charge is -2.25. The molecule has 0 bridgehead atoms. The van der Waals surface area contributed by atoms with Crippen molar-refractivity contribution in [3.63, 3.8) is 0 Å². The van der Waals surface area contributed by atoms with Crippen molar-refractivity contribution < 1.29 is 9.59 Å². The quantitative estimate of drug-likeness (QED) is 0.592. The van der Waals surface area contributed by atoms with Crippen LogP contribution in [-0.4, -0.2) is 21.2 Å². The Bertz CT molecular complexity index is 232. The van der Waals surface area contributed by atoms with Gasteiger partial charge >= 0.3 is 6.03 Å². The number of halogens is 2. The van der Waals surface area contributed by atoms with E-state index in [0.717, 1.165) is 0 Å². The van der Waals surface area contributed by atoms with E-state index >= 15 is 0 Å². The summed E-state index contributed by atoms with van der Waals surface area (Å²) >= 11 is 6.46. The van der Waals surface area contributed by atoms with E-state index in [1.807, 2.05) is 6.92 Å². The number of imide groups is 1. The van der Waals surface area contributed by atoms with E-state index in [1.54, 1.807) is 0 Å². The van der Waals surface area contributed by atoms with Crippen LogP contribution in [0.25, 0.3) is 0 Å². The van der Waals surface area contributed by atoms with Crippen LogP contribution in [0.15, 0.2) is 0 Å². The number of rotatable bonds is 2. The van der Waals surface area contributed by atoms with Gasteiger partial charge in [-0.05, 0) is 6.42 Å². The molecule has 0 aromatic rings. The molecule has 6 heteroatoms. The van der Waals surface area contributed by atoms with Crippen molar-refractivity contribution in [1.82, 2.24) is 10.6 Å². The molecule has 0 radical (unpaired) electrons. The van der Waals surface area contributed by atoms with Gasteiger partial charge in [0.1, 0.15) is 9.28 Å². The monoisotopic (exact) mass is 298 g/mol. The number of carbonyl (C=O) groups is 2. The minimum absolute atomic E-state index is 0.256. The van der Waals surface area contributed by atoms with Crippen LogP contribution < -0.4 is 10.6 Å². The predicted octanol–water partition coefficient (Wildman–Crippen LogP) is 1.09. The summed E-state index contributed by atoms with van der Waals surface area (Å²) in [7, 11) is 0. The zero-order chi connectivity index (χ0) is 9.35. The minimum atomic E-state index is -0.850. The highest BCUT2D eigenvalue weighted by Crippen LogP contribution is 2.29. The Morgan fingerprint density at radius 3 is 2.25 bits per heavy atom. The van der Waals surface area contributed by atoms with Crippen molar-refractivity contribution in [3.05, 3.63) is 0 Å². The van der Waals surface area contributed by atoms with E-state index in [0.29, 0.717) is 6.42 Å². The van der Waals surface area contributed by atoms with Crippen molar-refractivity contribution in [2.75, 3.05) is 0 Å². The summed E-state index contributed by atoms with van der Waals surface area (Å²) < 4.78 is -0.256. The van der Waals surface area contributed by atoms with Crippen molar-refractivity contribution in [2.24, 2.45) is 0 Å². The Morgan fingerprint density at radius 1 is 1.50 bits per heavy atom. The number of carbonyl (C=O) groups excluding carboxylic acids is 2. The number of amides is 3. The van der Waals surface area contributed by atoms with E-state index in [1.165, 1.54) is 0 Å². The molecule has 68 valence electrons. The zero-order valence-electron chi connectivity index (χ0n) is 6.36. The first-order valence-electron chi connectivity index (χ1n) is 3.44. The Labute approximate surface area is 86.7 Å². The van der Waals surface area contributed by atoms with Crippen LogP contribution in [0.3, 0.4) is 0 Å². The minimum Gasteiger partial charge on any atom is -0.321 e. The molecule has 1 atom stereocenters. The molecule has 1 aliphatic rings. The molecule has 1 heterocycles. The molecule has 1 saturated heterocycles. The Kier molecular flexibility index (Phi) is 2.77. The van der Waals surface area contributed by atoms with Crippen molar-refractivity contribution in [3.8, 4) is 0 Å². The number of hydrogen-bond donors (Lipinski definition) is 2. The third-order valence-corrected chi connectivity index (χ3v) is 3.46. The SMILES string of the molecule is CC[C@]1(C(Br)Br)NC(=O)NC1=O. The average molecular weight is 300 g/mol. The van der Waals surface area contributed by atoms with Gasteiger partial charge in [0.05, 0.1) is 0 Å². The fraction of sp³-hybridized carbons (Fsp3) is 0.667. The second-order valence-corrected chi connectivity index (χ2v) is 5.59. The lowest BCUT2D eigenvalue weighted by molar-refractivity contribution is -0.123. The summed E-state index contributed by atoms with van der Waals surface area (Å²) in [6.07, 6.45) is 0.533. The van der Waals surface area contributed by atoms with Gasteiger partial charge in [0.25, 0.3) is 5.91 Å². The molecule has 1 rings (SSSR count). The standard InChI is InChI=1S/C6H8Br2N2O2/c1-2-6(3(7)8)4(11)9-5(12)10-6/h3H,2H2,1H3,(H2,9,10,11,12)/t6-/m1/s1. The molecule has 0 unspecified atom stereocenters. The third-order valence-electron chi connectivity index (χ3n) is 1.90. The van der Waals surface area contributed by atoms with E-state index in [2.05, 4.69) is 42.5 Å². The molecule has 4 nitrogen and oxygen atoms in total. The fourth-order valence-corrected chi connectivity index (χ4v) is 2.35. The maximum absolute atomic E-state index is 11.3. The summed E-state index contributed by atoms with van der Waals surface area (Å²) in [5.41, 5.74) is -0.850. The summed E-state index contributed by atoms with van der Waals surface area (Å²) in [6.45, 7) is 1.83. The Hall–Kier alpha value is -0.100. The lowest BCUT2D eigenvalue weighted by Crippen LogP contribution is -2.51. The van der Waals surface area contributed by atoms with Gasteiger partial charge < -0.3 is 5.32 Å². The summed E-state index contributed by atoms with van der Waals surface area (Å²) in [5.74, 6) is -0.297. The van der Waals surface area contributed by atoms with E-state index in [-0.39, 0.29) is 9.64 Å². The molecule has 1 fully saturated rings. The van der Waals surface area contributed by atoms with Crippen LogP contribution in [0, 0.1) is 0 Å². The van der Waals surface area contributed by atoms with Gasteiger partial charge in [-0.3, -0.25) is 10.1 Å². The Balaban J connectivity index is 2.94. The van der Waals surface area contributed by atoms with Crippen molar-refractivity contribution in [1.29, 1.82) is 0 Å². The van der Waals surface area contributed by atoms with Gasteiger partial charge in [0, 0.05) is 0 Å². The number of urea groups is 1. The van der Waals surface area contributed by atoms with Gasteiger partial charge in [-0.2, -0.15) is 0 Å². The largest absolute Gasteiger partial charge is 0.322 e. The van der Waals surface area contributed by atoms with Crippen molar-refractivity contribution >= 4 is 43.8 Å². The van der Waals surface area contributed by atoms with Gasteiger partial charge in [-0.25, -0.2) is 4.79 Å². The molecular weight excluding hydrogens is 292 g/mol. The first-order valence-corrected chi connectivity index (χ1v) is 5.28. The summed E-state index contributed by atoms with van der Waals surface area (Å²) in [6, 6.07) is -0.439. The summed E-state index contributed by atoms with van der Waals surface area (Å²) in [5, 5.41) is 4.76. The van der Waals surface area contributed by atoms with E-state index < -0.39 is 11.6 Å². The highest BCUT2D eigenvalue weighted by molar-refractivity contribution is 9.24. The smallest absolute Gasteiger partial charge is 0.321 e. The van der Waals surface area contributed by atoms with Gasteiger partial charge in [-0.15, -0.1) is 0 Å². The van der Waals surface area contributed by atoms with Gasteiger partial charge in [0.2, 0.25) is 0 Å². The maximum Gasteiger partial charge on any atom is 0.322 e. The zero-order valence-corrected chi connectivity index (χ0v) is 9.53. The van der Waals surface area contributed by atoms with E-state index in [4.69, 9.17) is 0 Å². The van der Waals surface area contributed by atoms with Crippen molar-refractivity contribution in [2.45, 2.75) is 22.6 Å². The van der Waals surface area contributed by atoms with Crippen LogP contribution in [0.1, 0.15) is 13.3 Å². The van der Waals surface area contributed by atoms with Gasteiger partial charge in [-0.1, -0.05) is 38.8 Å². The van der Waals surface area contributed by atoms with Crippen LogP contribution in [-0.2, 0) is 4.79 Å². The molecule has 12 heavy (non-hydrogen) atoms. The highest BCUT2D eigenvalue weighted by Gasteiger charge is 2.48. The second kappa shape index (κ2) is 3.33. The first-order chi connectivity index (χ1) is 5.53.